The van der Waals surface area contributed by atoms with Gasteiger partial charge in [0.2, 0.25) is 5.91 Å². The zero-order valence-electron chi connectivity index (χ0n) is 19.9. The molecule has 2 aromatic rings. The lowest BCUT2D eigenvalue weighted by molar-refractivity contribution is -0.141. The highest BCUT2D eigenvalue weighted by Gasteiger charge is 2.32. The minimum Gasteiger partial charge on any atom is -0.481 e. The molecule has 2 N–H and O–H groups in total. The van der Waals surface area contributed by atoms with Gasteiger partial charge in [-0.25, -0.2) is 4.79 Å². The highest BCUT2D eigenvalue weighted by atomic mass is 16.5. The van der Waals surface area contributed by atoms with Crippen LogP contribution in [0.25, 0.3) is 11.1 Å². The van der Waals surface area contributed by atoms with Crippen molar-refractivity contribution in [2.24, 2.45) is 5.92 Å². The van der Waals surface area contributed by atoms with Crippen LogP contribution in [0.4, 0.5) is 4.79 Å². The van der Waals surface area contributed by atoms with Gasteiger partial charge in [0, 0.05) is 45.6 Å². The van der Waals surface area contributed by atoms with E-state index >= 15 is 0 Å². The van der Waals surface area contributed by atoms with Crippen LogP contribution in [0.15, 0.2) is 48.5 Å². The smallest absolute Gasteiger partial charge is 0.407 e. The Labute approximate surface area is 205 Å². The van der Waals surface area contributed by atoms with Gasteiger partial charge in [0.1, 0.15) is 12.6 Å². The minimum atomic E-state index is -0.864. The number of carboxylic acids is 1. The average Bonchev–Trinajstić information content (AvgIpc) is 3.18. The van der Waals surface area contributed by atoms with Crippen molar-refractivity contribution in [2.75, 3.05) is 33.4 Å². The fraction of sp³-hybridized carbons (Fsp3) is 0.444. The van der Waals surface area contributed by atoms with Gasteiger partial charge in [0.15, 0.2) is 0 Å². The Hall–Kier alpha value is -3.39. The first kappa shape index (κ1) is 24.7. The fourth-order valence-corrected chi connectivity index (χ4v) is 5.17. The monoisotopic (exact) mass is 480 g/mol. The number of carboxylic acid groups (broad SMARTS) is 1. The third-order valence-corrected chi connectivity index (χ3v) is 6.84. The van der Waals surface area contributed by atoms with Gasteiger partial charge < -0.3 is 24.8 Å². The number of methoxy groups -OCH3 is 1. The van der Waals surface area contributed by atoms with Crippen LogP contribution >= 0.6 is 0 Å². The Morgan fingerprint density at radius 1 is 1.09 bits per heavy atom. The molecule has 2 unspecified atom stereocenters. The van der Waals surface area contributed by atoms with Crippen molar-refractivity contribution in [3.05, 3.63) is 59.7 Å². The number of carbonyl (C=O) groups excluding carboxylic acids is 2. The Morgan fingerprint density at radius 3 is 2.37 bits per heavy atom. The van der Waals surface area contributed by atoms with Crippen LogP contribution < -0.4 is 5.32 Å². The predicted molar refractivity (Wildman–Crippen MR) is 130 cm³/mol. The first-order chi connectivity index (χ1) is 17.0. The molecule has 0 aromatic heterocycles. The molecule has 0 spiro atoms. The zero-order chi connectivity index (χ0) is 24.8. The summed E-state index contributed by atoms with van der Waals surface area (Å²) in [4.78, 5) is 38.7. The molecule has 0 bridgehead atoms. The summed E-state index contributed by atoms with van der Waals surface area (Å²) in [5.41, 5.74) is 4.52. The Bertz CT molecular complexity index is 1030. The summed E-state index contributed by atoms with van der Waals surface area (Å²) in [6, 6.07) is 15.4. The van der Waals surface area contributed by atoms with Crippen molar-refractivity contribution >= 4 is 18.0 Å². The molecule has 1 heterocycles. The summed E-state index contributed by atoms with van der Waals surface area (Å²) in [5, 5.41) is 11.8. The quantitative estimate of drug-likeness (QED) is 0.568. The third kappa shape index (κ3) is 5.82. The van der Waals surface area contributed by atoms with Crippen LogP contribution in [-0.2, 0) is 19.1 Å². The molecule has 8 nitrogen and oxygen atoms in total. The lowest BCUT2D eigenvalue weighted by Gasteiger charge is -2.34. The maximum atomic E-state index is 13.2. The van der Waals surface area contributed by atoms with Crippen LogP contribution in [0.1, 0.15) is 42.7 Å². The number of carbonyl (C=O) groups is 3. The van der Waals surface area contributed by atoms with Crippen molar-refractivity contribution in [2.45, 2.75) is 37.6 Å². The number of benzene rings is 2. The van der Waals surface area contributed by atoms with Crippen LogP contribution in [0.5, 0.6) is 0 Å². The van der Waals surface area contributed by atoms with Crippen molar-refractivity contribution in [3.8, 4) is 11.1 Å². The number of likely N-dealkylation sites (tertiary alicyclic amines) is 1. The predicted octanol–water partition coefficient (Wildman–Crippen LogP) is 3.64. The maximum absolute atomic E-state index is 13.2. The highest BCUT2D eigenvalue weighted by Crippen LogP contribution is 2.44. The second kappa shape index (κ2) is 11.4. The fourth-order valence-electron chi connectivity index (χ4n) is 5.17. The molecule has 2 aliphatic rings. The molecule has 2 atom stereocenters. The summed E-state index contributed by atoms with van der Waals surface area (Å²) in [6.45, 7) is 1.38. The topological polar surface area (TPSA) is 105 Å². The Morgan fingerprint density at radius 2 is 1.74 bits per heavy atom. The van der Waals surface area contributed by atoms with Gasteiger partial charge in [-0.15, -0.1) is 0 Å². The molecule has 35 heavy (non-hydrogen) atoms. The van der Waals surface area contributed by atoms with Gasteiger partial charge >= 0.3 is 12.1 Å². The molecule has 8 heteroatoms. The molecule has 0 saturated carbocycles. The van der Waals surface area contributed by atoms with E-state index in [1.807, 2.05) is 24.3 Å². The van der Waals surface area contributed by atoms with E-state index in [1.54, 1.807) is 12.0 Å². The molecular formula is C27H32N2O6. The zero-order valence-corrected chi connectivity index (χ0v) is 19.9. The average molecular weight is 481 g/mol. The maximum Gasteiger partial charge on any atom is 0.407 e. The summed E-state index contributed by atoms with van der Waals surface area (Å²) < 4.78 is 10.8. The van der Waals surface area contributed by atoms with Crippen molar-refractivity contribution in [1.29, 1.82) is 0 Å². The number of ether oxygens (including phenoxy) is 2. The van der Waals surface area contributed by atoms with Gasteiger partial charge in [-0.2, -0.15) is 0 Å². The van der Waals surface area contributed by atoms with E-state index in [9.17, 15) is 14.4 Å². The van der Waals surface area contributed by atoms with Gasteiger partial charge in [-0.3, -0.25) is 9.59 Å². The van der Waals surface area contributed by atoms with E-state index in [1.165, 1.54) is 0 Å². The van der Waals surface area contributed by atoms with Crippen LogP contribution in [0.3, 0.4) is 0 Å². The largest absolute Gasteiger partial charge is 0.481 e. The number of hydrogen-bond acceptors (Lipinski definition) is 5. The molecule has 2 amide bonds. The van der Waals surface area contributed by atoms with Crippen LogP contribution in [0.2, 0.25) is 0 Å². The second-order valence-corrected chi connectivity index (χ2v) is 9.19. The number of rotatable bonds is 9. The SMILES string of the molecule is COCCC(NC(=O)OCC1c2ccccc2-c2ccccc21)C(=O)N1CCCC(CC(=O)O)C1. The first-order valence-corrected chi connectivity index (χ1v) is 12.1. The van der Waals surface area contributed by atoms with E-state index in [2.05, 4.69) is 29.6 Å². The van der Waals surface area contributed by atoms with Gasteiger partial charge in [-0.1, -0.05) is 48.5 Å². The van der Waals surface area contributed by atoms with Gasteiger partial charge in [0.25, 0.3) is 0 Å². The molecule has 1 fully saturated rings. The molecule has 4 rings (SSSR count). The summed E-state index contributed by atoms with van der Waals surface area (Å²) in [7, 11) is 1.54. The van der Waals surface area contributed by atoms with Crippen molar-refractivity contribution in [3.63, 3.8) is 0 Å². The van der Waals surface area contributed by atoms with Gasteiger partial charge in [-0.05, 0) is 41.0 Å². The number of nitrogens with zero attached hydrogens (tertiary/aromatic N) is 1. The Balaban J connectivity index is 1.39. The normalized spacial score (nSPS) is 17.9. The molecule has 0 radical (unpaired) electrons. The number of hydrogen-bond donors (Lipinski definition) is 2. The van der Waals surface area contributed by atoms with Gasteiger partial charge in [0.05, 0.1) is 0 Å². The molecule has 1 aliphatic carbocycles. The Kier molecular flexibility index (Phi) is 8.02. The number of aliphatic carboxylic acids is 1. The van der Waals surface area contributed by atoms with E-state index in [-0.39, 0.29) is 30.8 Å². The van der Waals surface area contributed by atoms with E-state index < -0.39 is 18.1 Å². The summed E-state index contributed by atoms with van der Waals surface area (Å²) >= 11 is 0. The number of nitrogens with one attached hydrogen (secondary N) is 1. The summed E-state index contributed by atoms with van der Waals surface area (Å²) in [6.07, 6.45) is 1.20. The third-order valence-electron chi connectivity index (χ3n) is 6.84. The van der Waals surface area contributed by atoms with Crippen LogP contribution in [-0.4, -0.2) is 67.4 Å². The van der Waals surface area contributed by atoms with Crippen molar-refractivity contribution in [1.82, 2.24) is 10.2 Å². The molecule has 1 aliphatic heterocycles. The lowest BCUT2D eigenvalue weighted by Crippen LogP contribution is -2.52. The molecule has 1 saturated heterocycles. The second-order valence-electron chi connectivity index (χ2n) is 9.19. The molecule has 186 valence electrons. The van der Waals surface area contributed by atoms with E-state index in [4.69, 9.17) is 14.6 Å². The minimum absolute atomic E-state index is 0.0341. The van der Waals surface area contributed by atoms with E-state index in [0.29, 0.717) is 26.1 Å². The summed E-state index contributed by atoms with van der Waals surface area (Å²) in [5.74, 6) is -1.24. The number of alkyl carbamates (subject to hydrolysis) is 1. The number of fused-ring (bicyclic) bond motifs is 3. The van der Waals surface area contributed by atoms with Crippen molar-refractivity contribution < 1.29 is 29.0 Å². The van der Waals surface area contributed by atoms with Crippen LogP contribution in [0, 0.1) is 5.92 Å². The number of piperidine rings is 1. The molecular weight excluding hydrogens is 448 g/mol. The molecule has 2 aromatic carbocycles. The highest BCUT2D eigenvalue weighted by molar-refractivity contribution is 5.86. The lowest BCUT2D eigenvalue weighted by atomic mass is 9.94. The van der Waals surface area contributed by atoms with E-state index in [0.717, 1.165) is 35.1 Å². The number of amides is 2. The standard InChI is InChI=1S/C27H32N2O6/c1-34-14-12-24(26(32)29-13-6-7-18(16-29)15-25(30)31)28-27(33)35-17-23-21-10-4-2-8-19(21)20-9-3-5-11-22(20)23/h2-5,8-11,18,23-24H,6-7,12-17H2,1H3,(H,28,33)(H,30,31). The first-order valence-electron chi connectivity index (χ1n) is 12.1.